The van der Waals surface area contributed by atoms with Crippen LogP contribution in [0.25, 0.3) is 0 Å². The molecule has 0 amide bonds. The van der Waals surface area contributed by atoms with Gasteiger partial charge in [0.25, 0.3) is 0 Å². The Morgan fingerprint density at radius 3 is 2.69 bits per heavy atom. The first kappa shape index (κ1) is 11.4. The summed E-state index contributed by atoms with van der Waals surface area (Å²) in [6.07, 6.45) is 9.68. The quantitative estimate of drug-likeness (QED) is 0.774. The zero-order valence-corrected chi connectivity index (χ0v) is 10.3. The SMILES string of the molecule is CCc1ncc(OC2CCCCC2)cc1C. The molecule has 16 heavy (non-hydrogen) atoms. The van der Waals surface area contributed by atoms with Gasteiger partial charge in [-0.1, -0.05) is 13.3 Å². The normalized spacial score (nSPS) is 17.4. The van der Waals surface area contributed by atoms with Crippen LogP contribution in [0.15, 0.2) is 12.3 Å². The minimum absolute atomic E-state index is 0.419. The molecule has 88 valence electrons. The molecular weight excluding hydrogens is 198 g/mol. The van der Waals surface area contributed by atoms with E-state index in [0.717, 1.165) is 12.2 Å². The zero-order valence-electron chi connectivity index (χ0n) is 10.3. The summed E-state index contributed by atoms with van der Waals surface area (Å²) in [5.41, 5.74) is 2.42. The summed E-state index contributed by atoms with van der Waals surface area (Å²) >= 11 is 0. The molecule has 1 aromatic heterocycles. The molecule has 0 aliphatic heterocycles. The molecule has 1 aromatic rings. The standard InChI is InChI=1S/C14H21NO/c1-3-14-11(2)9-13(10-15-14)16-12-7-5-4-6-8-12/h9-10,12H,3-8H2,1-2H3. The van der Waals surface area contributed by atoms with E-state index in [2.05, 4.69) is 24.9 Å². The number of hydrogen-bond donors (Lipinski definition) is 0. The van der Waals surface area contributed by atoms with Crippen LogP contribution in [0, 0.1) is 6.92 Å². The lowest BCUT2D eigenvalue weighted by molar-refractivity contribution is 0.154. The highest BCUT2D eigenvalue weighted by Crippen LogP contribution is 2.24. The van der Waals surface area contributed by atoms with Gasteiger partial charge in [-0.2, -0.15) is 0 Å². The van der Waals surface area contributed by atoms with Crippen molar-refractivity contribution in [3.8, 4) is 5.75 Å². The van der Waals surface area contributed by atoms with Gasteiger partial charge in [0.05, 0.1) is 12.3 Å². The van der Waals surface area contributed by atoms with Crippen LogP contribution in [0.5, 0.6) is 5.75 Å². The number of aromatic nitrogens is 1. The maximum Gasteiger partial charge on any atom is 0.138 e. The van der Waals surface area contributed by atoms with Crippen molar-refractivity contribution in [2.24, 2.45) is 0 Å². The monoisotopic (exact) mass is 219 g/mol. The maximum absolute atomic E-state index is 5.97. The molecule has 0 atom stereocenters. The van der Waals surface area contributed by atoms with Gasteiger partial charge in [-0.15, -0.1) is 0 Å². The maximum atomic E-state index is 5.97. The van der Waals surface area contributed by atoms with Crippen molar-refractivity contribution in [2.75, 3.05) is 0 Å². The second-order valence-electron chi connectivity index (χ2n) is 4.67. The van der Waals surface area contributed by atoms with E-state index in [1.54, 1.807) is 0 Å². The lowest BCUT2D eigenvalue weighted by atomic mass is 9.98. The van der Waals surface area contributed by atoms with Gasteiger partial charge in [0.15, 0.2) is 0 Å². The van der Waals surface area contributed by atoms with Gasteiger partial charge >= 0.3 is 0 Å². The van der Waals surface area contributed by atoms with Crippen LogP contribution in [0.4, 0.5) is 0 Å². The van der Waals surface area contributed by atoms with Gasteiger partial charge in [-0.05, 0) is 50.7 Å². The van der Waals surface area contributed by atoms with Crippen molar-refractivity contribution in [3.63, 3.8) is 0 Å². The van der Waals surface area contributed by atoms with E-state index in [-0.39, 0.29) is 0 Å². The Balaban J connectivity index is 2.01. The summed E-state index contributed by atoms with van der Waals surface area (Å²) in [7, 11) is 0. The van der Waals surface area contributed by atoms with Gasteiger partial charge in [0, 0.05) is 5.69 Å². The van der Waals surface area contributed by atoms with Crippen LogP contribution >= 0.6 is 0 Å². The van der Waals surface area contributed by atoms with Crippen molar-refractivity contribution >= 4 is 0 Å². The summed E-state index contributed by atoms with van der Waals surface area (Å²) < 4.78 is 5.97. The Bertz CT molecular complexity index is 343. The largest absolute Gasteiger partial charge is 0.489 e. The summed E-state index contributed by atoms with van der Waals surface area (Å²) in [5, 5.41) is 0. The minimum Gasteiger partial charge on any atom is -0.489 e. The van der Waals surface area contributed by atoms with Gasteiger partial charge < -0.3 is 4.74 Å². The average Bonchev–Trinajstić information content (AvgIpc) is 2.31. The molecule has 0 unspecified atom stereocenters. The first-order chi connectivity index (χ1) is 7.79. The number of rotatable bonds is 3. The zero-order chi connectivity index (χ0) is 11.4. The summed E-state index contributed by atoms with van der Waals surface area (Å²) in [6.45, 7) is 4.25. The Hall–Kier alpha value is -1.05. The third kappa shape index (κ3) is 2.75. The summed E-state index contributed by atoms with van der Waals surface area (Å²) in [5.74, 6) is 0.946. The van der Waals surface area contributed by atoms with Crippen molar-refractivity contribution in [2.45, 2.75) is 58.5 Å². The molecule has 1 heterocycles. The highest BCUT2D eigenvalue weighted by molar-refractivity contribution is 5.28. The molecular formula is C14H21NO. The highest BCUT2D eigenvalue weighted by Gasteiger charge is 2.15. The molecule has 0 N–H and O–H groups in total. The van der Waals surface area contributed by atoms with Gasteiger partial charge in [-0.25, -0.2) is 0 Å². The van der Waals surface area contributed by atoms with E-state index in [4.69, 9.17) is 4.74 Å². The molecule has 0 bridgehead atoms. The van der Waals surface area contributed by atoms with Gasteiger partial charge in [0.1, 0.15) is 5.75 Å². The second-order valence-corrected chi connectivity index (χ2v) is 4.67. The Morgan fingerprint density at radius 2 is 2.06 bits per heavy atom. The van der Waals surface area contributed by atoms with Crippen molar-refractivity contribution in [1.29, 1.82) is 0 Å². The minimum atomic E-state index is 0.419. The fourth-order valence-corrected chi connectivity index (χ4v) is 2.39. The van der Waals surface area contributed by atoms with E-state index < -0.39 is 0 Å². The fraction of sp³-hybridized carbons (Fsp3) is 0.643. The van der Waals surface area contributed by atoms with Crippen LogP contribution in [0.1, 0.15) is 50.3 Å². The highest BCUT2D eigenvalue weighted by atomic mass is 16.5. The lowest BCUT2D eigenvalue weighted by Crippen LogP contribution is -2.19. The summed E-state index contributed by atoms with van der Waals surface area (Å²) in [6, 6.07) is 2.13. The van der Waals surface area contributed by atoms with E-state index >= 15 is 0 Å². The molecule has 0 saturated heterocycles. The topological polar surface area (TPSA) is 22.1 Å². The molecule has 0 radical (unpaired) electrons. The van der Waals surface area contributed by atoms with E-state index in [9.17, 15) is 0 Å². The third-order valence-electron chi connectivity index (χ3n) is 3.35. The van der Waals surface area contributed by atoms with E-state index in [1.807, 2.05) is 6.20 Å². The molecule has 2 rings (SSSR count). The third-order valence-corrected chi connectivity index (χ3v) is 3.35. The molecule has 2 nitrogen and oxygen atoms in total. The van der Waals surface area contributed by atoms with Crippen molar-refractivity contribution in [1.82, 2.24) is 4.98 Å². The molecule has 0 spiro atoms. The first-order valence-corrected chi connectivity index (χ1v) is 6.41. The summed E-state index contributed by atoms with van der Waals surface area (Å²) in [4.78, 5) is 4.44. The van der Waals surface area contributed by atoms with Crippen LogP contribution in [0.3, 0.4) is 0 Å². The molecule has 1 aliphatic carbocycles. The predicted octanol–water partition coefficient (Wildman–Crippen LogP) is 3.66. The van der Waals surface area contributed by atoms with Crippen LogP contribution in [0.2, 0.25) is 0 Å². The van der Waals surface area contributed by atoms with Gasteiger partial charge in [0.2, 0.25) is 0 Å². The smallest absolute Gasteiger partial charge is 0.138 e. The van der Waals surface area contributed by atoms with Crippen LogP contribution < -0.4 is 4.74 Å². The Kier molecular flexibility index (Phi) is 3.81. The van der Waals surface area contributed by atoms with Crippen molar-refractivity contribution in [3.05, 3.63) is 23.5 Å². The number of aryl methyl sites for hydroxylation is 2. The number of nitrogens with zero attached hydrogens (tertiary/aromatic N) is 1. The molecule has 0 aromatic carbocycles. The van der Waals surface area contributed by atoms with Crippen LogP contribution in [-0.4, -0.2) is 11.1 Å². The molecule has 1 aliphatic rings. The van der Waals surface area contributed by atoms with Crippen molar-refractivity contribution < 1.29 is 4.74 Å². The fourth-order valence-electron chi connectivity index (χ4n) is 2.39. The van der Waals surface area contributed by atoms with E-state index in [0.29, 0.717) is 6.10 Å². The van der Waals surface area contributed by atoms with Gasteiger partial charge in [-0.3, -0.25) is 4.98 Å². The number of pyridine rings is 1. The molecule has 1 saturated carbocycles. The average molecular weight is 219 g/mol. The number of ether oxygens (including phenoxy) is 1. The molecule has 2 heteroatoms. The molecule has 1 fully saturated rings. The number of hydrogen-bond acceptors (Lipinski definition) is 2. The van der Waals surface area contributed by atoms with Crippen LogP contribution in [-0.2, 0) is 6.42 Å². The van der Waals surface area contributed by atoms with E-state index in [1.165, 1.54) is 43.4 Å². The first-order valence-electron chi connectivity index (χ1n) is 6.41. The predicted molar refractivity (Wildman–Crippen MR) is 65.9 cm³/mol. The Morgan fingerprint density at radius 1 is 1.31 bits per heavy atom. The second kappa shape index (κ2) is 5.33. The lowest BCUT2D eigenvalue weighted by Gasteiger charge is -2.23. The Labute approximate surface area is 98.0 Å².